The summed E-state index contributed by atoms with van der Waals surface area (Å²) in [4.78, 5) is 9.53. The average molecular weight is 410 g/mol. The zero-order chi connectivity index (χ0) is 21.1. The van der Waals surface area contributed by atoms with Gasteiger partial charge in [-0.2, -0.15) is 4.99 Å². The van der Waals surface area contributed by atoms with Crippen molar-refractivity contribution >= 4 is 12.1 Å². The second-order valence-electron chi connectivity index (χ2n) is 7.76. The quantitative estimate of drug-likeness (QED) is 0.655. The van der Waals surface area contributed by atoms with Gasteiger partial charge < -0.3 is 10.5 Å². The Bertz CT molecular complexity index is 1170. The average Bonchev–Trinajstić information content (AvgIpc) is 3.11. The number of nitrogens with two attached hydrogens (primary N) is 1. The molecule has 2 N–H and O–H groups in total. The summed E-state index contributed by atoms with van der Waals surface area (Å²) in [6.07, 6.45) is 13.0. The first-order chi connectivity index (χ1) is 15.3. The second-order valence-corrected chi connectivity index (χ2v) is 7.76. The van der Waals surface area contributed by atoms with Crippen molar-refractivity contribution in [2.45, 2.75) is 13.0 Å². The van der Waals surface area contributed by atoms with Crippen molar-refractivity contribution in [1.82, 2.24) is 0 Å². The minimum absolute atomic E-state index is 0.531. The molecule has 0 spiro atoms. The SMILES string of the molecule is NCCC[N+]12C=CN=CC1=C(C1=CC=C1)N=C2c1cccc(OCc2ccccc2)c1. The van der Waals surface area contributed by atoms with Crippen LogP contribution in [0, 0.1) is 0 Å². The van der Waals surface area contributed by atoms with Crippen LogP contribution in [0.15, 0.2) is 112 Å². The molecule has 154 valence electrons. The number of benzene rings is 2. The monoisotopic (exact) mass is 409 g/mol. The first-order valence-electron chi connectivity index (χ1n) is 10.6. The number of ether oxygens (including phenoxy) is 1. The van der Waals surface area contributed by atoms with Gasteiger partial charge in [-0.25, -0.2) is 4.48 Å². The van der Waals surface area contributed by atoms with Gasteiger partial charge in [0.05, 0.1) is 24.5 Å². The highest BCUT2D eigenvalue weighted by Crippen LogP contribution is 2.39. The van der Waals surface area contributed by atoms with E-state index in [2.05, 4.69) is 47.6 Å². The molecular formula is C26H25N4O+. The first-order valence-corrected chi connectivity index (χ1v) is 10.6. The van der Waals surface area contributed by atoms with E-state index in [9.17, 15) is 0 Å². The van der Waals surface area contributed by atoms with E-state index < -0.39 is 0 Å². The Morgan fingerprint density at radius 2 is 1.90 bits per heavy atom. The summed E-state index contributed by atoms with van der Waals surface area (Å²) in [6, 6.07) is 18.4. The van der Waals surface area contributed by atoms with Gasteiger partial charge in [-0.05, 0) is 30.3 Å². The largest absolute Gasteiger partial charge is 0.489 e. The number of fused-ring (bicyclic) bond motifs is 1. The van der Waals surface area contributed by atoms with Gasteiger partial charge in [0.1, 0.15) is 24.3 Å². The molecule has 2 heterocycles. The fraction of sp³-hybridized carbons (Fsp3) is 0.154. The molecule has 2 aromatic carbocycles. The Morgan fingerprint density at radius 3 is 2.68 bits per heavy atom. The molecule has 0 radical (unpaired) electrons. The molecule has 1 aliphatic carbocycles. The van der Waals surface area contributed by atoms with Crippen LogP contribution in [0.4, 0.5) is 0 Å². The maximum Gasteiger partial charge on any atom is 0.245 e. The molecule has 0 fully saturated rings. The van der Waals surface area contributed by atoms with Crippen LogP contribution in [0.1, 0.15) is 17.5 Å². The second kappa shape index (κ2) is 8.30. The standard InChI is InChI=1S/C26H25N4O/c27-13-6-15-30-16-14-28-18-24(30)25(21-9-4-10-21)29-26(30)22-11-5-12-23(17-22)31-19-20-7-2-1-3-8-20/h1-5,7-12,14,16-18H,6,13,15,19,27H2/q+1. The normalized spacial score (nSPS) is 20.9. The van der Waals surface area contributed by atoms with Crippen LogP contribution in [0.25, 0.3) is 0 Å². The molecule has 3 aliphatic rings. The molecule has 5 heteroatoms. The van der Waals surface area contributed by atoms with Crippen LogP contribution in [0.2, 0.25) is 0 Å². The summed E-state index contributed by atoms with van der Waals surface area (Å²) in [5, 5.41) is 0. The van der Waals surface area contributed by atoms with Crippen molar-refractivity contribution in [1.29, 1.82) is 0 Å². The molecular weight excluding hydrogens is 384 g/mol. The minimum Gasteiger partial charge on any atom is -0.489 e. The number of hydrogen-bond acceptors (Lipinski definition) is 4. The summed E-state index contributed by atoms with van der Waals surface area (Å²) < 4.78 is 6.62. The zero-order valence-electron chi connectivity index (χ0n) is 17.3. The zero-order valence-corrected chi connectivity index (χ0v) is 17.3. The molecule has 0 amide bonds. The maximum atomic E-state index is 6.09. The summed E-state index contributed by atoms with van der Waals surface area (Å²) >= 11 is 0. The highest BCUT2D eigenvalue weighted by Gasteiger charge is 2.46. The lowest BCUT2D eigenvalue weighted by atomic mass is 10.0. The summed E-state index contributed by atoms with van der Waals surface area (Å²) in [6.45, 7) is 2.00. The van der Waals surface area contributed by atoms with Crippen molar-refractivity contribution < 1.29 is 9.22 Å². The van der Waals surface area contributed by atoms with E-state index in [-0.39, 0.29) is 0 Å². The molecule has 5 nitrogen and oxygen atoms in total. The minimum atomic E-state index is 0.531. The Kier molecular flexibility index (Phi) is 5.20. The van der Waals surface area contributed by atoms with Crippen LogP contribution in [-0.4, -0.2) is 29.6 Å². The fourth-order valence-electron chi connectivity index (χ4n) is 4.10. The number of hydrogen-bond donors (Lipinski definition) is 1. The van der Waals surface area contributed by atoms with Crippen LogP contribution in [0.3, 0.4) is 0 Å². The van der Waals surface area contributed by atoms with Gasteiger partial charge in [-0.15, -0.1) is 0 Å². The van der Waals surface area contributed by atoms with Gasteiger partial charge in [0.2, 0.25) is 5.84 Å². The van der Waals surface area contributed by atoms with Crippen molar-refractivity contribution in [3.05, 3.63) is 113 Å². The number of nitrogens with zero attached hydrogens (tertiary/aromatic N) is 3. The van der Waals surface area contributed by atoms with E-state index in [4.69, 9.17) is 15.5 Å². The van der Waals surface area contributed by atoms with Crippen molar-refractivity contribution in [3.63, 3.8) is 0 Å². The third kappa shape index (κ3) is 3.58. The lowest BCUT2D eigenvalue weighted by Gasteiger charge is -2.33. The van der Waals surface area contributed by atoms with E-state index in [1.54, 1.807) is 0 Å². The molecule has 0 aromatic heterocycles. The number of aliphatic imine (C=N–C) groups is 2. The van der Waals surface area contributed by atoms with Gasteiger partial charge in [-0.1, -0.05) is 54.6 Å². The summed E-state index contributed by atoms with van der Waals surface area (Å²) in [7, 11) is 0. The third-order valence-corrected chi connectivity index (χ3v) is 5.75. The van der Waals surface area contributed by atoms with Crippen molar-refractivity contribution in [2.75, 3.05) is 13.1 Å². The van der Waals surface area contributed by atoms with Crippen LogP contribution < -0.4 is 10.5 Å². The molecule has 0 saturated carbocycles. The number of quaternary nitrogens is 1. The maximum absolute atomic E-state index is 6.09. The van der Waals surface area contributed by atoms with Gasteiger partial charge in [0.25, 0.3) is 0 Å². The van der Waals surface area contributed by atoms with E-state index in [0.29, 0.717) is 17.6 Å². The molecule has 2 aromatic rings. The predicted octanol–water partition coefficient (Wildman–Crippen LogP) is 4.45. The van der Waals surface area contributed by atoms with Gasteiger partial charge >= 0.3 is 0 Å². The van der Waals surface area contributed by atoms with E-state index in [0.717, 1.165) is 52.6 Å². The third-order valence-electron chi connectivity index (χ3n) is 5.75. The first kappa shape index (κ1) is 19.4. The smallest absolute Gasteiger partial charge is 0.245 e. The summed E-state index contributed by atoms with van der Waals surface area (Å²) in [5.41, 5.74) is 11.3. The molecule has 5 rings (SSSR count). The molecule has 1 unspecified atom stereocenters. The lowest BCUT2D eigenvalue weighted by molar-refractivity contribution is -0.738. The van der Waals surface area contributed by atoms with Gasteiger partial charge in [0, 0.05) is 12.0 Å². The predicted molar refractivity (Wildman–Crippen MR) is 124 cm³/mol. The van der Waals surface area contributed by atoms with Crippen LogP contribution >= 0.6 is 0 Å². The van der Waals surface area contributed by atoms with E-state index >= 15 is 0 Å². The Balaban J connectivity index is 1.50. The Morgan fingerprint density at radius 1 is 1.03 bits per heavy atom. The van der Waals surface area contributed by atoms with Gasteiger partial charge in [0.15, 0.2) is 5.70 Å². The molecule has 31 heavy (non-hydrogen) atoms. The Hall–Kier alpha value is -3.54. The van der Waals surface area contributed by atoms with E-state index in [1.807, 2.05) is 48.8 Å². The van der Waals surface area contributed by atoms with E-state index in [1.165, 1.54) is 0 Å². The van der Waals surface area contributed by atoms with Crippen molar-refractivity contribution in [3.8, 4) is 5.75 Å². The molecule has 0 bridgehead atoms. The lowest BCUT2D eigenvalue weighted by Crippen LogP contribution is -2.48. The number of allylic oxidation sites excluding steroid dienone is 4. The van der Waals surface area contributed by atoms with Crippen LogP contribution in [-0.2, 0) is 6.61 Å². The highest BCUT2D eigenvalue weighted by atomic mass is 16.5. The highest BCUT2D eigenvalue weighted by molar-refractivity contribution is 6.01. The molecule has 0 saturated heterocycles. The number of rotatable bonds is 8. The Labute approximate surface area is 182 Å². The number of amidine groups is 1. The van der Waals surface area contributed by atoms with Crippen molar-refractivity contribution in [2.24, 2.45) is 15.7 Å². The van der Waals surface area contributed by atoms with Crippen LogP contribution in [0.5, 0.6) is 5.75 Å². The summed E-state index contributed by atoms with van der Waals surface area (Å²) in [5.74, 6) is 1.81. The fourth-order valence-corrected chi connectivity index (χ4v) is 4.10. The molecule has 2 aliphatic heterocycles. The topological polar surface area (TPSA) is 60.0 Å². The van der Waals surface area contributed by atoms with Gasteiger partial charge in [-0.3, -0.25) is 4.99 Å². The molecule has 1 atom stereocenters.